The monoisotopic (exact) mass is 392 g/mol. The number of ether oxygens (including phenoxy) is 1. The van der Waals surface area contributed by atoms with Crippen molar-refractivity contribution >= 4 is 5.95 Å². The molecular weight excluding hydrogens is 373 g/mol. The first-order chi connectivity index (χ1) is 13.4. The third kappa shape index (κ3) is 4.67. The molecule has 0 spiro atoms. The van der Waals surface area contributed by atoms with Crippen molar-refractivity contribution in [2.75, 3.05) is 31.1 Å². The van der Waals surface area contributed by atoms with Gasteiger partial charge in [-0.3, -0.25) is 9.88 Å². The van der Waals surface area contributed by atoms with Crippen LogP contribution in [0.5, 0.6) is 5.75 Å². The van der Waals surface area contributed by atoms with Gasteiger partial charge in [0.05, 0.1) is 18.0 Å². The molecule has 1 aliphatic rings. The number of nitriles is 1. The van der Waals surface area contributed by atoms with Gasteiger partial charge < -0.3 is 9.64 Å². The van der Waals surface area contributed by atoms with E-state index in [1.807, 2.05) is 11.0 Å². The van der Waals surface area contributed by atoms with Crippen molar-refractivity contribution in [3.63, 3.8) is 0 Å². The average Bonchev–Trinajstić information content (AvgIpc) is 2.72. The highest BCUT2D eigenvalue weighted by Gasteiger charge is 2.40. The number of halogens is 3. The van der Waals surface area contributed by atoms with E-state index < -0.39 is 12.2 Å². The second kappa shape index (κ2) is 8.39. The standard InChI is InChI=1S/C18H19F3N6O/c1-13(18(19,20)21)26-4-6-27(7-5-26)17-24-10-16(11-25-17)28-12-14-2-3-23-9-15(14)8-22/h2-3,9-11,13H,4-7,12H2,1H3. The number of hydrogen-bond acceptors (Lipinski definition) is 7. The molecule has 7 nitrogen and oxygen atoms in total. The minimum absolute atomic E-state index is 0.183. The van der Waals surface area contributed by atoms with E-state index in [0.29, 0.717) is 49.0 Å². The number of rotatable bonds is 5. The molecule has 3 rings (SSSR count). The summed E-state index contributed by atoms with van der Waals surface area (Å²) in [5.41, 5.74) is 1.14. The molecule has 2 aromatic heterocycles. The fourth-order valence-corrected chi connectivity index (χ4v) is 2.87. The van der Waals surface area contributed by atoms with Crippen molar-refractivity contribution in [2.45, 2.75) is 25.7 Å². The maximum absolute atomic E-state index is 12.8. The van der Waals surface area contributed by atoms with Crippen LogP contribution in [0.2, 0.25) is 0 Å². The smallest absolute Gasteiger partial charge is 0.403 e. The van der Waals surface area contributed by atoms with Gasteiger partial charge in [0, 0.05) is 44.1 Å². The number of aromatic nitrogens is 3. The first-order valence-electron chi connectivity index (χ1n) is 8.72. The van der Waals surface area contributed by atoms with Crippen molar-refractivity contribution in [3.8, 4) is 11.8 Å². The first-order valence-corrected chi connectivity index (χ1v) is 8.72. The summed E-state index contributed by atoms with van der Waals surface area (Å²) in [5, 5.41) is 9.05. The Hall–Kier alpha value is -2.93. The zero-order valence-corrected chi connectivity index (χ0v) is 15.2. The van der Waals surface area contributed by atoms with Crippen LogP contribution in [0.1, 0.15) is 18.1 Å². The lowest BCUT2D eigenvalue weighted by molar-refractivity contribution is -0.179. The van der Waals surface area contributed by atoms with Gasteiger partial charge in [-0.15, -0.1) is 0 Å². The van der Waals surface area contributed by atoms with Crippen molar-refractivity contribution in [3.05, 3.63) is 42.0 Å². The molecule has 10 heteroatoms. The molecule has 3 heterocycles. The quantitative estimate of drug-likeness (QED) is 0.773. The third-order valence-electron chi connectivity index (χ3n) is 4.66. The topological polar surface area (TPSA) is 78.2 Å². The van der Waals surface area contributed by atoms with Crippen LogP contribution in [0.25, 0.3) is 0 Å². The molecule has 0 N–H and O–H groups in total. The predicted octanol–water partition coefficient (Wildman–Crippen LogP) is 2.40. The maximum atomic E-state index is 12.8. The third-order valence-corrected chi connectivity index (χ3v) is 4.66. The summed E-state index contributed by atoms with van der Waals surface area (Å²) in [4.78, 5) is 15.6. The summed E-state index contributed by atoms with van der Waals surface area (Å²) in [6.07, 6.45) is 1.86. The second-order valence-electron chi connectivity index (χ2n) is 6.39. The predicted molar refractivity (Wildman–Crippen MR) is 94.6 cm³/mol. The van der Waals surface area contributed by atoms with Crippen molar-refractivity contribution < 1.29 is 17.9 Å². The highest BCUT2D eigenvalue weighted by atomic mass is 19.4. The van der Waals surface area contributed by atoms with Gasteiger partial charge in [-0.25, -0.2) is 9.97 Å². The Labute approximate surface area is 160 Å². The summed E-state index contributed by atoms with van der Waals surface area (Å²) in [7, 11) is 0. The Kier molecular flexibility index (Phi) is 5.94. The van der Waals surface area contributed by atoms with Gasteiger partial charge in [0.25, 0.3) is 0 Å². The SMILES string of the molecule is CC(N1CCN(c2ncc(OCc3ccncc3C#N)cn2)CC1)C(F)(F)F. The van der Waals surface area contributed by atoms with Crippen LogP contribution in [0.3, 0.4) is 0 Å². The van der Waals surface area contributed by atoms with Crippen LogP contribution in [-0.2, 0) is 6.61 Å². The minimum Gasteiger partial charge on any atom is -0.486 e. The van der Waals surface area contributed by atoms with Crippen LogP contribution in [0.4, 0.5) is 19.1 Å². The number of hydrogen-bond donors (Lipinski definition) is 0. The van der Waals surface area contributed by atoms with Crippen LogP contribution >= 0.6 is 0 Å². The first kappa shape index (κ1) is 19.8. The van der Waals surface area contributed by atoms with E-state index in [4.69, 9.17) is 10.00 Å². The lowest BCUT2D eigenvalue weighted by Crippen LogP contribution is -2.54. The fourth-order valence-electron chi connectivity index (χ4n) is 2.87. The Morgan fingerprint density at radius 2 is 1.86 bits per heavy atom. The molecule has 0 bridgehead atoms. The van der Waals surface area contributed by atoms with Gasteiger partial charge in [0.15, 0.2) is 5.75 Å². The summed E-state index contributed by atoms with van der Waals surface area (Å²) < 4.78 is 44.1. The van der Waals surface area contributed by atoms with Gasteiger partial charge in [0.1, 0.15) is 18.7 Å². The number of pyridine rings is 1. The fraction of sp³-hybridized carbons (Fsp3) is 0.444. The molecular formula is C18H19F3N6O. The molecule has 1 aliphatic heterocycles. The zero-order valence-electron chi connectivity index (χ0n) is 15.2. The Balaban J connectivity index is 1.55. The highest BCUT2D eigenvalue weighted by Crippen LogP contribution is 2.26. The average molecular weight is 392 g/mol. The van der Waals surface area contributed by atoms with Gasteiger partial charge in [-0.2, -0.15) is 18.4 Å². The molecule has 1 fully saturated rings. The number of piperazine rings is 1. The Morgan fingerprint density at radius 3 is 2.46 bits per heavy atom. The normalized spacial score (nSPS) is 16.5. The lowest BCUT2D eigenvalue weighted by Gasteiger charge is -2.38. The molecule has 2 aromatic rings. The molecule has 0 saturated carbocycles. The van der Waals surface area contributed by atoms with Crippen molar-refractivity contribution in [1.82, 2.24) is 19.9 Å². The zero-order chi connectivity index (χ0) is 20.1. The maximum Gasteiger partial charge on any atom is 0.403 e. The van der Waals surface area contributed by atoms with Crippen LogP contribution in [0, 0.1) is 11.3 Å². The van der Waals surface area contributed by atoms with E-state index in [-0.39, 0.29) is 6.61 Å². The molecule has 0 aromatic carbocycles. The summed E-state index contributed by atoms with van der Waals surface area (Å²) in [5.74, 6) is 0.891. The lowest BCUT2D eigenvalue weighted by atomic mass is 10.2. The van der Waals surface area contributed by atoms with E-state index in [2.05, 4.69) is 15.0 Å². The number of anilines is 1. The minimum atomic E-state index is -4.22. The molecule has 0 radical (unpaired) electrons. The van der Waals surface area contributed by atoms with E-state index in [1.165, 1.54) is 30.4 Å². The second-order valence-corrected chi connectivity index (χ2v) is 6.39. The van der Waals surface area contributed by atoms with Crippen LogP contribution in [0.15, 0.2) is 30.9 Å². The van der Waals surface area contributed by atoms with Gasteiger partial charge >= 0.3 is 6.18 Å². The molecule has 1 atom stereocenters. The van der Waals surface area contributed by atoms with E-state index in [1.54, 1.807) is 12.3 Å². The summed E-state index contributed by atoms with van der Waals surface area (Å²) in [6.45, 7) is 2.79. The van der Waals surface area contributed by atoms with Crippen LogP contribution < -0.4 is 9.64 Å². The number of alkyl halides is 3. The van der Waals surface area contributed by atoms with Gasteiger partial charge in [-0.05, 0) is 13.0 Å². The van der Waals surface area contributed by atoms with E-state index in [9.17, 15) is 13.2 Å². The summed E-state index contributed by atoms with van der Waals surface area (Å²) >= 11 is 0. The molecule has 1 unspecified atom stereocenters. The largest absolute Gasteiger partial charge is 0.486 e. The van der Waals surface area contributed by atoms with Crippen molar-refractivity contribution in [1.29, 1.82) is 5.26 Å². The van der Waals surface area contributed by atoms with Crippen molar-refractivity contribution in [2.24, 2.45) is 0 Å². The van der Waals surface area contributed by atoms with E-state index >= 15 is 0 Å². The Morgan fingerprint density at radius 1 is 1.18 bits per heavy atom. The number of nitrogens with zero attached hydrogens (tertiary/aromatic N) is 6. The molecule has 28 heavy (non-hydrogen) atoms. The molecule has 1 saturated heterocycles. The van der Waals surface area contributed by atoms with Gasteiger partial charge in [0.2, 0.25) is 5.95 Å². The van der Waals surface area contributed by atoms with E-state index in [0.717, 1.165) is 0 Å². The molecule has 0 aliphatic carbocycles. The molecule has 0 amide bonds. The molecule has 148 valence electrons. The summed E-state index contributed by atoms with van der Waals surface area (Å²) in [6, 6.07) is 2.29. The highest BCUT2D eigenvalue weighted by molar-refractivity contribution is 5.35. The Bertz CT molecular complexity index is 828. The van der Waals surface area contributed by atoms with Gasteiger partial charge in [-0.1, -0.05) is 0 Å². The van der Waals surface area contributed by atoms with Crippen LogP contribution in [-0.4, -0.2) is 58.2 Å².